The van der Waals surface area contributed by atoms with Gasteiger partial charge >= 0.3 is 0 Å². The molecule has 12 nitrogen and oxygen atoms in total. The molecular weight excluding hydrogens is 612 g/mol. The van der Waals surface area contributed by atoms with Gasteiger partial charge in [-0.3, -0.25) is 19.2 Å². The zero-order valence-electron chi connectivity index (χ0n) is 24.7. The average molecular weight is 633 g/mol. The molecule has 0 saturated heterocycles. The molecular formula is C36H20N6O6. The summed E-state index contributed by atoms with van der Waals surface area (Å²) in [6.07, 6.45) is 2.00. The van der Waals surface area contributed by atoms with Crippen LogP contribution in [0.25, 0.3) is 33.6 Å². The van der Waals surface area contributed by atoms with Gasteiger partial charge in [-0.05, 0) is 46.5 Å². The molecule has 12 heteroatoms. The molecule has 2 aromatic heterocycles. The highest BCUT2D eigenvalue weighted by Gasteiger charge is 2.55. The van der Waals surface area contributed by atoms with Gasteiger partial charge < -0.3 is 8.83 Å². The van der Waals surface area contributed by atoms with Crippen molar-refractivity contribution in [2.24, 2.45) is 0 Å². The van der Waals surface area contributed by atoms with Crippen molar-refractivity contribution >= 4 is 35.0 Å². The highest BCUT2D eigenvalue weighted by Crippen LogP contribution is 2.47. The number of carbonyl (C=O) groups is 4. The van der Waals surface area contributed by atoms with Crippen LogP contribution in [-0.4, -0.2) is 53.8 Å². The number of imide groups is 2. The summed E-state index contributed by atoms with van der Waals surface area (Å²) in [5.74, 6) is -3.88. The lowest BCUT2D eigenvalue weighted by Gasteiger charge is -2.21. The van der Waals surface area contributed by atoms with Crippen molar-refractivity contribution in [3.05, 3.63) is 156 Å². The molecule has 4 aromatic carbocycles. The van der Waals surface area contributed by atoms with E-state index in [-0.39, 0.29) is 45.4 Å². The second kappa shape index (κ2) is 11.4. The second-order valence-corrected chi connectivity index (χ2v) is 10.7. The van der Waals surface area contributed by atoms with Crippen molar-refractivity contribution in [2.75, 3.05) is 0 Å². The summed E-state index contributed by atoms with van der Waals surface area (Å²) < 4.78 is 10.8. The van der Waals surface area contributed by atoms with Gasteiger partial charge in [-0.25, -0.2) is 9.80 Å². The molecule has 0 bridgehead atoms. The first-order chi connectivity index (χ1) is 23.5. The van der Waals surface area contributed by atoms with Crippen LogP contribution >= 0.6 is 0 Å². The van der Waals surface area contributed by atoms with Gasteiger partial charge in [0.15, 0.2) is 0 Å². The van der Waals surface area contributed by atoms with Gasteiger partial charge in [0.1, 0.15) is 11.4 Å². The Balaban J connectivity index is 1.22. The summed E-state index contributed by atoms with van der Waals surface area (Å²) >= 11 is 0. The molecule has 0 N–H and O–H groups in total. The van der Waals surface area contributed by atoms with Gasteiger partial charge in [0.2, 0.25) is 12.8 Å². The molecule has 230 valence electrons. The van der Waals surface area contributed by atoms with E-state index in [9.17, 15) is 19.2 Å². The molecule has 4 heterocycles. The molecule has 0 aliphatic carbocycles. The van der Waals surface area contributed by atoms with Crippen LogP contribution in [0.2, 0.25) is 0 Å². The number of benzene rings is 4. The molecule has 4 amide bonds. The number of carbonyl (C=O) groups excluding carboxylic acids is 4. The maximum Gasteiger partial charge on any atom is 0.268 e. The minimum Gasteiger partial charge on any atom is -0.422 e. The first-order valence-electron chi connectivity index (χ1n) is 14.6. The van der Waals surface area contributed by atoms with Gasteiger partial charge in [-0.1, -0.05) is 84.9 Å². The molecule has 6 aromatic rings. The molecule has 48 heavy (non-hydrogen) atoms. The third-order valence-corrected chi connectivity index (χ3v) is 8.01. The van der Waals surface area contributed by atoms with Crippen molar-refractivity contribution < 1.29 is 28.0 Å². The summed E-state index contributed by atoms with van der Waals surface area (Å²) in [6.45, 7) is 0. The molecule has 0 saturated carbocycles. The van der Waals surface area contributed by atoms with Crippen LogP contribution in [0, 0.1) is 0 Å². The monoisotopic (exact) mass is 632 g/mol. The van der Waals surface area contributed by atoms with E-state index < -0.39 is 23.6 Å². The zero-order chi connectivity index (χ0) is 32.8. The lowest BCUT2D eigenvalue weighted by Crippen LogP contribution is -2.36. The molecule has 0 radical (unpaired) electrons. The van der Waals surface area contributed by atoms with Crippen LogP contribution in [-0.2, 0) is 9.59 Å². The summed E-state index contributed by atoms with van der Waals surface area (Å²) in [5.41, 5.74) is 2.79. The summed E-state index contributed by atoms with van der Waals surface area (Å²) in [7, 11) is 0. The fourth-order valence-electron chi connectivity index (χ4n) is 5.78. The average Bonchev–Trinajstić information content (AvgIpc) is 3.96. The molecule has 0 spiro atoms. The lowest BCUT2D eigenvalue weighted by molar-refractivity contribution is -0.122. The molecule has 0 fully saturated rings. The first-order valence-corrected chi connectivity index (χ1v) is 14.6. The topological polar surface area (TPSA) is 153 Å². The third kappa shape index (κ3) is 4.55. The highest BCUT2D eigenvalue weighted by atomic mass is 16.4. The summed E-state index contributed by atoms with van der Waals surface area (Å²) in [4.78, 5) is 58.2. The van der Waals surface area contributed by atoms with Crippen LogP contribution in [0.4, 0.5) is 0 Å². The van der Waals surface area contributed by atoms with Crippen LogP contribution in [0.1, 0.15) is 32.5 Å². The van der Waals surface area contributed by atoms with Crippen molar-refractivity contribution in [3.8, 4) is 22.3 Å². The van der Waals surface area contributed by atoms with Crippen LogP contribution < -0.4 is 0 Å². The molecule has 8 rings (SSSR count). The highest BCUT2D eigenvalue weighted by molar-refractivity contribution is 6.37. The predicted octanol–water partition coefficient (Wildman–Crippen LogP) is 5.27. The van der Waals surface area contributed by atoms with Crippen molar-refractivity contribution in [3.63, 3.8) is 0 Å². The zero-order valence-corrected chi connectivity index (χ0v) is 24.7. The Morgan fingerprint density at radius 1 is 0.479 bits per heavy atom. The van der Waals surface area contributed by atoms with Gasteiger partial charge in [0.25, 0.3) is 35.4 Å². The Kier molecular flexibility index (Phi) is 6.73. The minimum absolute atomic E-state index is 0.152. The van der Waals surface area contributed by atoms with E-state index in [0.29, 0.717) is 0 Å². The standard InChI is InChI=1S/C36H20N6O6/c43-33(25-15-11-23(12-16-25)21-7-3-1-4-8-21)41-29(31-39-37-19-47-31)27-28(35(41)45)30(32-40-38-20-48-32)42(36(27)46)34(44)26-17-13-24(14-18-26)22-9-5-2-6-10-22/h1-20H. The molecule has 2 aliphatic rings. The number of nitrogens with zero attached hydrogens (tertiary/aromatic N) is 6. The van der Waals surface area contributed by atoms with Crippen LogP contribution in [0.3, 0.4) is 0 Å². The van der Waals surface area contributed by atoms with Gasteiger partial charge in [0.05, 0.1) is 11.1 Å². The normalized spacial score (nSPS) is 14.2. The predicted molar refractivity (Wildman–Crippen MR) is 169 cm³/mol. The second-order valence-electron chi connectivity index (χ2n) is 10.7. The number of hydrogen-bond donors (Lipinski definition) is 0. The Bertz CT molecular complexity index is 2110. The number of hydrogen-bond acceptors (Lipinski definition) is 10. The summed E-state index contributed by atoms with van der Waals surface area (Å²) in [5, 5.41) is 15.2. The van der Waals surface area contributed by atoms with Gasteiger partial charge in [-0.15, -0.1) is 20.4 Å². The van der Waals surface area contributed by atoms with E-state index >= 15 is 0 Å². The summed E-state index contributed by atoms with van der Waals surface area (Å²) in [6, 6.07) is 32.4. The fraction of sp³-hybridized carbons (Fsp3) is 0. The van der Waals surface area contributed by atoms with Gasteiger partial charge in [0, 0.05) is 11.1 Å². The minimum atomic E-state index is -0.911. The lowest BCUT2D eigenvalue weighted by atomic mass is 10.0. The number of aromatic nitrogens is 4. The molecule has 2 aliphatic heterocycles. The SMILES string of the molecule is O=C1C2=C(c3nnco3)N(C(=O)c3ccc(-c4ccccc4)cc3)C(=O)C2=C(c2nnco2)N1C(=O)c1ccc(-c2ccccc2)cc1. The Hall–Kier alpha value is -7.08. The van der Waals surface area contributed by atoms with E-state index in [0.717, 1.165) is 44.8 Å². The first kappa shape index (κ1) is 28.4. The van der Waals surface area contributed by atoms with E-state index in [1.54, 1.807) is 48.5 Å². The van der Waals surface area contributed by atoms with Crippen molar-refractivity contribution in [1.82, 2.24) is 30.2 Å². The smallest absolute Gasteiger partial charge is 0.268 e. The maximum absolute atomic E-state index is 14.3. The van der Waals surface area contributed by atoms with E-state index in [1.165, 1.54) is 0 Å². The quantitative estimate of drug-likeness (QED) is 0.222. The fourth-order valence-corrected chi connectivity index (χ4v) is 5.78. The Morgan fingerprint density at radius 2 is 0.833 bits per heavy atom. The Morgan fingerprint density at radius 3 is 1.17 bits per heavy atom. The van der Waals surface area contributed by atoms with Crippen molar-refractivity contribution in [2.45, 2.75) is 0 Å². The number of rotatable bonds is 6. The van der Waals surface area contributed by atoms with Crippen LogP contribution in [0.5, 0.6) is 0 Å². The van der Waals surface area contributed by atoms with E-state index in [2.05, 4.69) is 20.4 Å². The van der Waals surface area contributed by atoms with Gasteiger partial charge in [-0.2, -0.15) is 0 Å². The molecule has 0 unspecified atom stereocenters. The van der Waals surface area contributed by atoms with Crippen LogP contribution in [0.15, 0.2) is 142 Å². The van der Waals surface area contributed by atoms with E-state index in [1.807, 2.05) is 60.7 Å². The largest absolute Gasteiger partial charge is 0.422 e. The van der Waals surface area contributed by atoms with E-state index in [4.69, 9.17) is 8.83 Å². The number of fused-ring (bicyclic) bond motifs is 1. The Labute approximate surface area is 271 Å². The maximum atomic E-state index is 14.3. The van der Waals surface area contributed by atoms with Crippen molar-refractivity contribution in [1.29, 1.82) is 0 Å². The third-order valence-electron chi connectivity index (χ3n) is 8.01. The molecule has 0 atom stereocenters. The number of amides is 4.